The van der Waals surface area contributed by atoms with Gasteiger partial charge in [0.15, 0.2) is 0 Å². The van der Waals surface area contributed by atoms with E-state index in [0.29, 0.717) is 5.56 Å². The van der Waals surface area contributed by atoms with Gasteiger partial charge >= 0.3 is 6.09 Å². The van der Waals surface area contributed by atoms with Crippen LogP contribution in [-0.4, -0.2) is 30.0 Å². The van der Waals surface area contributed by atoms with Gasteiger partial charge < -0.3 is 10.5 Å². The van der Waals surface area contributed by atoms with Gasteiger partial charge in [-0.2, -0.15) is 0 Å². The van der Waals surface area contributed by atoms with Crippen molar-refractivity contribution in [2.75, 3.05) is 13.1 Å². The quantitative estimate of drug-likeness (QED) is 0.870. The smallest absolute Gasteiger partial charge is 0.418 e. The second-order valence-electron chi connectivity index (χ2n) is 4.52. The fourth-order valence-electron chi connectivity index (χ4n) is 2.06. The summed E-state index contributed by atoms with van der Waals surface area (Å²) in [6.07, 6.45) is -0.630. The number of carbonyl (C=O) groups is 2. The fraction of sp³-hybridized carbons (Fsp3) is 0.385. The summed E-state index contributed by atoms with van der Waals surface area (Å²) in [6.45, 7) is 3.94. The van der Waals surface area contributed by atoms with Crippen molar-refractivity contribution in [3.05, 3.63) is 35.4 Å². The lowest BCUT2D eigenvalue weighted by molar-refractivity contribution is -0.136. The lowest BCUT2D eigenvalue weighted by atomic mass is 9.94. The van der Waals surface area contributed by atoms with Crippen molar-refractivity contribution >= 4 is 12.0 Å². The van der Waals surface area contributed by atoms with E-state index in [0.717, 1.165) is 10.5 Å². The Morgan fingerprint density at radius 3 is 2.72 bits per heavy atom. The number of benzene rings is 1. The molecule has 0 bridgehead atoms. The predicted molar refractivity (Wildman–Crippen MR) is 65.8 cm³/mol. The Morgan fingerprint density at radius 2 is 2.11 bits per heavy atom. The van der Waals surface area contributed by atoms with Crippen molar-refractivity contribution in [3.63, 3.8) is 0 Å². The summed E-state index contributed by atoms with van der Waals surface area (Å²) >= 11 is 0. The van der Waals surface area contributed by atoms with Gasteiger partial charge in [-0.3, -0.25) is 4.79 Å². The summed E-state index contributed by atoms with van der Waals surface area (Å²) in [7, 11) is 0. The number of ether oxygens (including phenoxy) is 1. The molecule has 1 aromatic carbocycles. The molecule has 1 unspecified atom stereocenters. The Labute approximate surface area is 106 Å². The third-order valence-corrected chi connectivity index (χ3v) is 3.09. The fourth-order valence-corrected chi connectivity index (χ4v) is 2.06. The Bertz CT molecular complexity index is 501. The van der Waals surface area contributed by atoms with Crippen molar-refractivity contribution in [1.29, 1.82) is 0 Å². The molecule has 1 aliphatic rings. The van der Waals surface area contributed by atoms with Gasteiger partial charge in [-0.15, -0.1) is 0 Å². The molecule has 2 amide bonds. The molecule has 2 N–H and O–H groups in total. The molecule has 1 heterocycles. The van der Waals surface area contributed by atoms with Gasteiger partial charge in [0.1, 0.15) is 0 Å². The van der Waals surface area contributed by atoms with Gasteiger partial charge in [0, 0.05) is 18.7 Å². The number of cyclic esters (lactones) is 1. The molecule has 0 aliphatic carbocycles. The lowest BCUT2D eigenvalue weighted by Gasteiger charge is -2.20. The highest BCUT2D eigenvalue weighted by atomic mass is 16.6. The van der Waals surface area contributed by atoms with E-state index in [-0.39, 0.29) is 19.0 Å². The number of hydrogen-bond acceptors (Lipinski definition) is 4. The molecule has 5 heteroatoms. The summed E-state index contributed by atoms with van der Waals surface area (Å²) in [5, 5.41) is 0. The lowest BCUT2D eigenvalue weighted by Crippen LogP contribution is -2.39. The topological polar surface area (TPSA) is 72.6 Å². The maximum Gasteiger partial charge on any atom is 0.418 e. The van der Waals surface area contributed by atoms with Crippen molar-refractivity contribution in [1.82, 2.24) is 4.90 Å². The number of rotatable bonds is 3. The van der Waals surface area contributed by atoms with Crippen molar-refractivity contribution < 1.29 is 14.3 Å². The van der Waals surface area contributed by atoms with Crippen LogP contribution >= 0.6 is 0 Å². The van der Waals surface area contributed by atoms with E-state index < -0.39 is 11.7 Å². The molecule has 0 radical (unpaired) electrons. The minimum atomic E-state index is -1.24. The second-order valence-corrected chi connectivity index (χ2v) is 4.52. The third-order valence-electron chi connectivity index (χ3n) is 3.09. The molecule has 2 rings (SSSR count). The third kappa shape index (κ3) is 1.86. The van der Waals surface area contributed by atoms with Crippen molar-refractivity contribution in [2.24, 2.45) is 5.73 Å². The van der Waals surface area contributed by atoms with Gasteiger partial charge in [0.2, 0.25) is 5.60 Å². The van der Waals surface area contributed by atoms with Gasteiger partial charge in [-0.05, 0) is 13.8 Å². The van der Waals surface area contributed by atoms with Gasteiger partial charge in [-0.25, -0.2) is 9.69 Å². The summed E-state index contributed by atoms with van der Waals surface area (Å²) < 4.78 is 5.25. The van der Waals surface area contributed by atoms with Crippen LogP contribution in [0.1, 0.15) is 18.1 Å². The normalized spacial score (nSPS) is 23.4. The summed E-state index contributed by atoms with van der Waals surface area (Å²) in [4.78, 5) is 25.0. The van der Waals surface area contributed by atoms with Gasteiger partial charge in [-0.1, -0.05) is 29.8 Å². The molecular weight excluding hydrogens is 232 g/mol. The molecule has 0 aromatic heterocycles. The minimum absolute atomic E-state index is 0.180. The highest BCUT2D eigenvalue weighted by Gasteiger charge is 2.51. The second kappa shape index (κ2) is 4.42. The first-order chi connectivity index (χ1) is 8.49. The summed E-state index contributed by atoms with van der Waals surface area (Å²) in [5.41, 5.74) is 5.83. The molecule has 1 atom stereocenters. The molecule has 1 aromatic rings. The highest BCUT2D eigenvalue weighted by molar-refractivity contribution is 6.03. The van der Waals surface area contributed by atoms with Crippen LogP contribution in [0.4, 0.5) is 4.79 Å². The monoisotopic (exact) mass is 248 g/mol. The molecule has 1 aliphatic heterocycles. The highest BCUT2D eigenvalue weighted by Crippen LogP contribution is 2.34. The molecule has 1 fully saturated rings. The molecule has 1 saturated heterocycles. The number of hydrogen-bond donors (Lipinski definition) is 1. The number of amides is 2. The van der Waals surface area contributed by atoms with Crippen LogP contribution in [0.3, 0.4) is 0 Å². The first-order valence-electron chi connectivity index (χ1n) is 5.81. The standard InChI is InChI=1S/C13H16N2O3/c1-9-4-3-5-10(8-9)13(2)11(16)15(7-6-14)12(17)18-13/h3-5,8H,6-7,14H2,1-2H3. The van der Waals surface area contributed by atoms with E-state index in [1.165, 1.54) is 0 Å². The zero-order valence-corrected chi connectivity index (χ0v) is 10.5. The Kier molecular flexibility index (Phi) is 3.09. The van der Waals surface area contributed by atoms with Crippen LogP contribution in [-0.2, 0) is 15.1 Å². The zero-order valence-electron chi connectivity index (χ0n) is 10.5. The van der Waals surface area contributed by atoms with E-state index >= 15 is 0 Å². The van der Waals surface area contributed by atoms with Gasteiger partial charge in [0.05, 0.1) is 0 Å². The zero-order chi connectivity index (χ0) is 13.3. The minimum Gasteiger partial charge on any atom is -0.428 e. The van der Waals surface area contributed by atoms with E-state index in [9.17, 15) is 9.59 Å². The number of nitrogens with two attached hydrogens (primary N) is 1. The molecular formula is C13H16N2O3. The molecule has 0 saturated carbocycles. The van der Waals surface area contributed by atoms with Crippen LogP contribution in [0, 0.1) is 6.92 Å². The van der Waals surface area contributed by atoms with Crippen LogP contribution in [0.15, 0.2) is 24.3 Å². The van der Waals surface area contributed by atoms with Crippen LogP contribution in [0.2, 0.25) is 0 Å². The molecule has 18 heavy (non-hydrogen) atoms. The van der Waals surface area contributed by atoms with Crippen molar-refractivity contribution in [3.8, 4) is 0 Å². The Morgan fingerprint density at radius 1 is 1.39 bits per heavy atom. The van der Waals surface area contributed by atoms with Crippen LogP contribution in [0.25, 0.3) is 0 Å². The van der Waals surface area contributed by atoms with E-state index in [1.54, 1.807) is 13.0 Å². The number of aryl methyl sites for hydroxylation is 1. The van der Waals surface area contributed by atoms with Crippen molar-refractivity contribution in [2.45, 2.75) is 19.4 Å². The maximum absolute atomic E-state index is 12.3. The average molecular weight is 248 g/mol. The first kappa shape index (κ1) is 12.6. The van der Waals surface area contributed by atoms with E-state index in [1.807, 2.05) is 25.1 Å². The summed E-state index contributed by atoms with van der Waals surface area (Å²) in [5.74, 6) is -0.358. The maximum atomic E-state index is 12.3. The predicted octanol–water partition coefficient (Wildman–Crippen LogP) is 1.15. The average Bonchev–Trinajstić information content (AvgIpc) is 2.55. The Balaban J connectivity index is 2.38. The molecule has 5 nitrogen and oxygen atoms in total. The SMILES string of the molecule is Cc1cccc(C2(C)OC(=O)N(CCN)C2=O)c1. The number of nitrogens with zero attached hydrogens (tertiary/aromatic N) is 1. The van der Waals surface area contributed by atoms with E-state index in [2.05, 4.69) is 0 Å². The first-order valence-corrected chi connectivity index (χ1v) is 5.81. The molecule has 0 spiro atoms. The van der Waals surface area contributed by atoms with Crippen LogP contribution in [0.5, 0.6) is 0 Å². The summed E-state index contributed by atoms with van der Waals surface area (Å²) in [6, 6.07) is 7.38. The molecule has 96 valence electrons. The number of carbonyl (C=O) groups excluding carboxylic acids is 2. The van der Waals surface area contributed by atoms with Crippen LogP contribution < -0.4 is 5.73 Å². The van der Waals surface area contributed by atoms with Gasteiger partial charge in [0.25, 0.3) is 5.91 Å². The van der Waals surface area contributed by atoms with E-state index in [4.69, 9.17) is 10.5 Å². The largest absolute Gasteiger partial charge is 0.428 e. The Hall–Kier alpha value is -1.88. The number of imide groups is 1.